The van der Waals surface area contributed by atoms with Gasteiger partial charge in [0, 0.05) is 25.8 Å². The molecular formula is C22H43NO5. The molecule has 0 unspecified atom stereocenters. The first kappa shape index (κ1) is 28.6. The second kappa shape index (κ2) is 23.4. The first-order valence-electron chi connectivity index (χ1n) is 11.1. The summed E-state index contributed by atoms with van der Waals surface area (Å²) in [6, 6.07) is 0. The number of nitrogens with one attached hydrogen (secondary N) is 1. The molecule has 0 aromatic heterocycles. The lowest BCUT2D eigenvalue weighted by molar-refractivity contribution is -0.138. The number of carbonyl (C=O) groups excluding carboxylic acids is 1. The summed E-state index contributed by atoms with van der Waals surface area (Å²) in [6.45, 7) is 4.56. The minimum absolute atomic E-state index is 0.0568. The van der Waals surface area contributed by atoms with E-state index < -0.39 is 11.9 Å². The van der Waals surface area contributed by atoms with Crippen LogP contribution in [0.4, 0.5) is 0 Å². The molecule has 0 spiro atoms. The molecule has 0 aromatic carbocycles. The van der Waals surface area contributed by atoms with Gasteiger partial charge in [0.15, 0.2) is 0 Å². The van der Waals surface area contributed by atoms with Crippen LogP contribution in [0, 0.1) is 0 Å². The van der Waals surface area contributed by atoms with Gasteiger partial charge in [0.25, 0.3) is 0 Å². The molecule has 0 aliphatic heterocycles. The van der Waals surface area contributed by atoms with Crippen LogP contribution in [0.15, 0.2) is 0 Å². The van der Waals surface area contributed by atoms with Crippen LogP contribution in [0.3, 0.4) is 0 Å². The van der Waals surface area contributed by atoms with Crippen molar-refractivity contribution in [3.05, 3.63) is 0 Å². The molecule has 28 heavy (non-hydrogen) atoms. The Hall–Kier alpha value is -1.59. The molecule has 0 aliphatic rings. The molecule has 0 saturated carbocycles. The Bertz CT molecular complexity index is 385. The van der Waals surface area contributed by atoms with Crippen LogP contribution in [0.2, 0.25) is 0 Å². The predicted molar refractivity (Wildman–Crippen MR) is 114 cm³/mol. The minimum atomic E-state index is -0.806. The molecule has 0 rings (SSSR count). The van der Waals surface area contributed by atoms with Gasteiger partial charge in [0.05, 0.1) is 0 Å². The van der Waals surface area contributed by atoms with Gasteiger partial charge in [-0.25, -0.2) is 0 Å². The van der Waals surface area contributed by atoms with Gasteiger partial charge < -0.3 is 15.5 Å². The average Bonchev–Trinajstić information content (AvgIpc) is 2.63. The Labute approximate surface area is 171 Å². The molecule has 1 amide bonds. The van der Waals surface area contributed by atoms with Crippen LogP contribution >= 0.6 is 0 Å². The molecule has 0 aromatic rings. The molecule has 0 atom stereocenters. The van der Waals surface area contributed by atoms with Gasteiger partial charge in [-0.15, -0.1) is 0 Å². The van der Waals surface area contributed by atoms with Gasteiger partial charge in [-0.2, -0.15) is 0 Å². The van der Waals surface area contributed by atoms with Crippen LogP contribution in [0.25, 0.3) is 0 Å². The molecular weight excluding hydrogens is 358 g/mol. The minimum Gasteiger partial charge on any atom is -0.481 e. The Morgan fingerprint density at radius 3 is 1.43 bits per heavy atom. The van der Waals surface area contributed by atoms with Crippen molar-refractivity contribution in [2.45, 2.75) is 117 Å². The fourth-order valence-electron chi connectivity index (χ4n) is 2.72. The zero-order valence-corrected chi connectivity index (χ0v) is 18.1. The van der Waals surface area contributed by atoms with Gasteiger partial charge in [-0.05, 0) is 19.3 Å². The SMILES string of the molecule is CCCC(=O)O.CCCCCCCCCCCCCC(=O)NCCCC(=O)O. The third-order valence-corrected chi connectivity index (χ3v) is 4.36. The first-order chi connectivity index (χ1) is 13.4. The molecule has 0 heterocycles. The van der Waals surface area contributed by atoms with E-state index in [9.17, 15) is 14.4 Å². The van der Waals surface area contributed by atoms with Crippen molar-refractivity contribution < 1.29 is 24.6 Å². The molecule has 0 aliphatic carbocycles. The summed E-state index contributed by atoms with van der Waals surface area (Å²) in [6.07, 6.45) is 16.3. The van der Waals surface area contributed by atoms with Crippen LogP contribution in [0.1, 0.15) is 117 Å². The zero-order valence-electron chi connectivity index (χ0n) is 18.1. The summed E-state index contributed by atoms with van der Waals surface area (Å²) >= 11 is 0. The third-order valence-electron chi connectivity index (χ3n) is 4.36. The maximum atomic E-state index is 11.5. The van der Waals surface area contributed by atoms with E-state index in [4.69, 9.17) is 10.2 Å². The Kier molecular flexibility index (Phi) is 24.0. The number of aliphatic carboxylic acids is 2. The maximum Gasteiger partial charge on any atom is 0.303 e. The highest BCUT2D eigenvalue weighted by molar-refractivity contribution is 5.75. The standard InChI is InChI=1S/C18H35NO3.C4H8O2/c1-2-3-4-5-6-7-8-9-10-11-12-14-17(20)19-16-13-15-18(21)22;1-2-3-4(5)6/h2-16H2,1H3,(H,19,20)(H,21,22);2-3H2,1H3,(H,5,6). The highest BCUT2D eigenvalue weighted by atomic mass is 16.4. The highest BCUT2D eigenvalue weighted by Crippen LogP contribution is 2.11. The zero-order chi connectivity index (χ0) is 21.5. The number of carboxylic acids is 2. The van der Waals surface area contributed by atoms with Crippen LogP contribution in [0.5, 0.6) is 0 Å². The first-order valence-corrected chi connectivity index (χ1v) is 11.1. The van der Waals surface area contributed by atoms with Crippen molar-refractivity contribution >= 4 is 17.8 Å². The van der Waals surface area contributed by atoms with Gasteiger partial charge in [-0.1, -0.05) is 78.1 Å². The van der Waals surface area contributed by atoms with Crippen molar-refractivity contribution in [1.29, 1.82) is 0 Å². The van der Waals surface area contributed by atoms with Gasteiger partial charge >= 0.3 is 11.9 Å². The van der Waals surface area contributed by atoms with Crippen molar-refractivity contribution in [3.63, 3.8) is 0 Å². The van der Waals surface area contributed by atoms with E-state index in [-0.39, 0.29) is 12.3 Å². The van der Waals surface area contributed by atoms with Crippen molar-refractivity contribution in [1.82, 2.24) is 5.32 Å². The number of carboxylic acid groups (broad SMARTS) is 2. The normalized spacial score (nSPS) is 10.1. The predicted octanol–water partition coefficient (Wildman–Crippen LogP) is 5.54. The maximum absolute atomic E-state index is 11.5. The van der Waals surface area contributed by atoms with E-state index in [1.54, 1.807) is 0 Å². The topological polar surface area (TPSA) is 104 Å². The Balaban J connectivity index is 0. The molecule has 6 heteroatoms. The van der Waals surface area contributed by atoms with E-state index in [1.807, 2.05) is 6.92 Å². The summed E-state index contributed by atoms with van der Waals surface area (Å²) in [4.78, 5) is 31.4. The van der Waals surface area contributed by atoms with E-state index in [2.05, 4.69) is 12.2 Å². The van der Waals surface area contributed by atoms with Gasteiger partial charge in [-0.3, -0.25) is 14.4 Å². The second-order valence-electron chi connectivity index (χ2n) is 7.28. The number of rotatable bonds is 18. The third kappa shape index (κ3) is 29.2. The summed E-state index contributed by atoms with van der Waals surface area (Å²) in [7, 11) is 0. The fraction of sp³-hybridized carbons (Fsp3) is 0.864. The average molecular weight is 402 g/mol. The number of hydrogen-bond acceptors (Lipinski definition) is 3. The van der Waals surface area contributed by atoms with Crippen molar-refractivity contribution in [2.75, 3.05) is 6.54 Å². The molecule has 6 nitrogen and oxygen atoms in total. The molecule has 0 radical (unpaired) electrons. The molecule has 3 N–H and O–H groups in total. The summed E-state index contributed by atoms with van der Waals surface area (Å²) in [5.74, 6) is -1.46. The lowest BCUT2D eigenvalue weighted by atomic mass is 10.1. The lowest BCUT2D eigenvalue weighted by Crippen LogP contribution is -2.24. The van der Waals surface area contributed by atoms with E-state index in [1.165, 1.54) is 57.8 Å². The Morgan fingerprint density at radius 1 is 0.571 bits per heavy atom. The van der Waals surface area contributed by atoms with Crippen LogP contribution in [-0.2, 0) is 14.4 Å². The van der Waals surface area contributed by atoms with E-state index >= 15 is 0 Å². The number of hydrogen-bond donors (Lipinski definition) is 3. The van der Waals surface area contributed by atoms with Gasteiger partial charge in [0.1, 0.15) is 0 Å². The largest absolute Gasteiger partial charge is 0.481 e. The molecule has 166 valence electrons. The smallest absolute Gasteiger partial charge is 0.303 e. The van der Waals surface area contributed by atoms with Crippen LogP contribution in [-0.4, -0.2) is 34.6 Å². The quantitative estimate of drug-likeness (QED) is 0.262. The number of carbonyl (C=O) groups is 3. The molecule has 0 bridgehead atoms. The van der Waals surface area contributed by atoms with Crippen molar-refractivity contribution in [2.24, 2.45) is 0 Å². The highest BCUT2D eigenvalue weighted by Gasteiger charge is 2.02. The fourth-order valence-corrected chi connectivity index (χ4v) is 2.72. The number of unbranched alkanes of at least 4 members (excludes halogenated alkanes) is 10. The van der Waals surface area contributed by atoms with Crippen molar-refractivity contribution in [3.8, 4) is 0 Å². The summed E-state index contributed by atoms with van der Waals surface area (Å²) < 4.78 is 0. The van der Waals surface area contributed by atoms with E-state index in [0.29, 0.717) is 25.8 Å². The van der Waals surface area contributed by atoms with Crippen LogP contribution < -0.4 is 5.32 Å². The molecule has 0 saturated heterocycles. The second-order valence-corrected chi connectivity index (χ2v) is 7.28. The van der Waals surface area contributed by atoms with Gasteiger partial charge in [0.2, 0.25) is 5.91 Å². The summed E-state index contributed by atoms with van der Waals surface area (Å²) in [5, 5.41) is 19.2. The van der Waals surface area contributed by atoms with E-state index in [0.717, 1.165) is 19.3 Å². The summed E-state index contributed by atoms with van der Waals surface area (Å²) in [5.41, 5.74) is 0. The number of amides is 1. The Morgan fingerprint density at radius 2 is 1.04 bits per heavy atom. The monoisotopic (exact) mass is 401 g/mol. The molecule has 0 fully saturated rings. The lowest BCUT2D eigenvalue weighted by Gasteiger charge is -2.04.